The second kappa shape index (κ2) is 68.5. The van der Waals surface area contributed by atoms with Crippen LogP contribution in [0.3, 0.4) is 0 Å². The average molecular weight is 1140 g/mol. The maximum absolute atomic E-state index is 12.9. The maximum Gasteiger partial charge on any atom is 0.306 e. The van der Waals surface area contributed by atoms with Crippen molar-refractivity contribution in [2.45, 2.75) is 245 Å². The Hall–Kier alpha value is -6.01. The Morgan fingerprint density at radius 1 is 0.241 bits per heavy atom. The molecule has 6 nitrogen and oxygen atoms in total. The molecule has 0 saturated heterocycles. The molecule has 0 bridgehead atoms. The van der Waals surface area contributed by atoms with E-state index in [2.05, 4.69) is 227 Å². The van der Waals surface area contributed by atoms with Gasteiger partial charge in [0.1, 0.15) is 13.2 Å². The van der Waals surface area contributed by atoms with Gasteiger partial charge in [0.25, 0.3) is 0 Å². The van der Waals surface area contributed by atoms with Crippen molar-refractivity contribution in [1.82, 2.24) is 0 Å². The molecule has 0 fully saturated rings. The third kappa shape index (κ3) is 66.7. The second-order valence-corrected chi connectivity index (χ2v) is 20.5. The summed E-state index contributed by atoms with van der Waals surface area (Å²) in [4.78, 5) is 38.3. The number of hydrogen-bond acceptors (Lipinski definition) is 6. The Kier molecular flexibility index (Phi) is 63.5. The van der Waals surface area contributed by atoms with E-state index in [-0.39, 0.29) is 37.5 Å². The number of ether oxygens (including phenoxy) is 3. The van der Waals surface area contributed by atoms with Gasteiger partial charge >= 0.3 is 17.9 Å². The lowest BCUT2D eigenvalue weighted by Crippen LogP contribution is -2.30. The van der Waals surface area contributed by atoms with Crippen molar-refractivity contribution in [2.75, 3.05) is 13.2 Å². The molecule has 0 rings (SSSR count). The minimum absolute atomic E-state index is 0.125. The standard InChI is InChI=1S/C77H116O6/c1-4-7-10-13-16-19-22-25-27-29-31-33-34-35-36-37-38-39-40-41-42-44-45-47-49-52-55-58-61-64-67-70-76(79)82-73-74(72-81-75(78)69-66-63-60-57-54-51-24-21-18-15-12-9-6-3)83-77(80)71-68-65-62-59-56-53-50-48-46-43-32-30-28-26-23-20-17-14-11-8-5-2/h7-12,16-21,25-28,31-33,35-36,38-39,41-43,45,47-48,50-51,54,56,59,74H,4-6,13-15,22-24,29-30,34,37,40,44,46,49,52-53,55,57-58,60-73H2,1-3H3/b10-7-,11-8-,12-9-,19-16-,20-17-,21-18-,27-25-,28-26-,33-31-,36-35-,39-38-,42-41-,43-32-,47-45-,50-48-,54-51-,59-56-. The van der Waals surface area contributed by atoms with Crippen LogP contribution >= 0.6 is 0 Å². The van der Waals surface area contributed by atoms with E-state index in [4.69, 9.17) is 14.2 Å². The summed E-state index contributed by atoms with van der Waals surface area (Å²) in [6.45, 7) is 6.20. The Bertz CT molecular complexity index is 2030. The summed E-state index contributed by atoms with van der Waals surface area (Å²) in [6, 6.07) is 0. The summed E-state index contributed by atoms with van der Waals surface area (Å²) in [6.07, 6.45) is 106. The highest BCUT2D eigenvalue weighted by atomic mass is 16.6. The van der Waals surface area contributed by atoms with Crippen LogP contribution < -0.4 is 0 Å². The van der Waals surface area contributed by atoms with Gasteiger partial charge in [-0.3, -0.25) is 14.4 Å². The van der Waals surface area contributed by atoms with Gasteiger partial charge in [-0.15, -0.1) is 0 Å². The first-order valence-electron chi connectivity index (χ1n) is 32.6. The number of esters is 3. The molecule has 0 aliphatic heterocycles. The molecule has 0 aromatic rings. The first-order chi connectivity index (χ1) is 41.0. The first kappa shape index (κ1) is 77.0. The predicted molar refractivity (Wildman–Crippen MR) is 361 cm³/mol. The highest BCUT2D eigenvalue weighted by Crippen LogP contribution is 2.12. The van der Waals surface area contributed by atoms with Gasteiger partial charge in [-0.05, 0) is 167 Å². The van der Waals surface area contributed by atoms with Crippen molar-refractivity contribution in [1.29, 1.82) is 0 Å². The van der Waals surface area contributed by atoms with Gasteiger partial charge in [0, 0.05) is 19.3 Å². The summed E-state index contributed by atoms with van der Waals surface area (Å²) in [7, 11) is 0. The second-order valence-electron chi connectivity index (χ2n) is 20.5. The normalized spacial score (nSPS) is 13.5. The summed E-state index contributed by atoms with van der Waals surface area (Å²) < 4.78 is 16.8. The van der Waals surface area contributed by atoms with Crippen LogP contribution in [0.15, 0.2) is 207 Å². The molecule has 460 valence electrons. The van der Waals surface area contributed by atoms with E-state index in [0.29, 0.717) is 19.3 Å². The molecule has 1 unspecified atom stereocenters. The summed E-state index contributed by atoms with van der Waals surface area (Å²) >= 11 is 0. The van der Waals surface area contributed by atoms with E-state index in [0.717, 1.165) is 180 Å². The van der Waals surface area contributed by atoms with Gasteiger partial charge in [-0.25, -0.2) is 0 Å². The van der Waals surface area contributed by atoms with Crippen LogP contribution in [-0.4, -0.2) is 37.2 Å². The average Bonchev–Trinajstić information content (AvgIpc) is 3.49. The monoisotopic (exact) mass is 1140 g/mol. The Labute approximate surface area is 509 Å². The molecule has 0 radical (unpaired) electrons. The Morgan fingerprint density at radius 2 is 0.434 bits per heavy atom. The minimum atomic E-state index is -0.834. The molecule has 0 saturated carbocycles. The van der Waals surface area contributed by atoms with Crippen molar-refractivity contribution < 1.29 is 28.6 Å². The largest absolute Gasteiger partial charge is 0.462 e. The fraction of sp³-hybridized carbons (Fsp3) is 0.519. The van der Waals surface area contributed by atoms with Gasteiger partial charge in [0.15, 0.2) is 6.10 Å². The van der Waals surface area contributed by atoms with Gasteiger partial charge in [0.05, 0.1) is 0 Å². The SMILES string of the molecule is CC/C=C\C/C=C\C/C=C\C/C=C\C/C=C\C/C=C\C/C=C\C/C=C\CCCCCCCCC(=O)OCC(COC(=O)CCCCC/C=C\C/C=C\C/C=C\CC)OC(=O)CCCC/C=C\C/C=C\C/C=C\C/C=C\C/C=C\C/C=C\CC. The molecular formula is C77H116O6. The lowest BCUT2D eigenvalue weighted by molar-refractivity contribution is -0.167. The number of allylic oxidation sites excluding steroid dienone is 34. The third-order valence-electron chi connectivity index (χ3n) is 12.8. The number of unbranched alkanes of at least 4 members (excludes halogenated alkanes) is 11. The van der Waals surface area contributed by atoms with E-state index < -0.39 is 6.10 Å². The Balaban J connectivity index is 4.47. The van der Waals surface area contributed by atoms with Crippen molar-refractivity contribution in [2.24, 2.45) is 0 Å². The minimum Gasteiger partial charge on any atom is -0.462 e. The lowest BCUT2D eigenvalue weighted by atomic mass is 10.1. The number of rotatable bonds is 56. The van der Waals surface area contributed by atoms with Crippen LogP contribution in [0.5, 0.6) is 0 Å². The predicted octanol–water partition coefficient (Wildman–Crippen LogP) is 22.8. The molecule has 83 heavy (non-hydrogen) atoms. The van der Waals surface area contributed by atoms with Crippen LogP contribution in [-0.2, 0) is 28.6 Å². The van der Waals surface area contributed by atoms with E-state index in [9.17, 15) is 14.4 Å². The van der Waals surface area contributed by atoms with E-state index in [1.807, 2.05) is 0 Å². The van der Waals surface area contributed by atoms with Gasteiger partial charge in [-0.1, -0.05) is 259 Å². The fourth-order valence-electron chi connectivity index (χ4n) is 8.00. The van der Waals surface area contributed by atoms with Crippen molar-refractivity contribution in [3.8, 4) is 0 Å². The lowest BCUT2D eigenvalue weighted by Gasteiger charge is -2.18. The molecular weight excluding hydrogens is 1020 g/mol. The fourth-order valence-corrected chi connectivity index (χ4v) is 8.00. The van der Waals surface area contributed by atoms with Gasteiger partial charge < -0.3 is 14.2 Å². The van der Waals surface area contributed by atoms with Crippen molar-refractivity contribution >= 4 is 17.9 Å². The van der Waals surface area contributed by atoms with Crippen LogP contribution in [0.25, 0.3) is 0 Å². The molecule has 0 spiro atoms. The van der Waals surface area contributed by atoms with Crippen LogP contribution in [0, 0.1) is 0 Å². The zero-order chi connectivity index (χ0) is 59.9. The van der Waals surface area contributed by atoms with Gasteiger partial charge in [-0.2, -0.15) is 0 Å². The molecule has 0 N–H and O–H groups in total. The summed E-state index contributed by atoms with van der Waals surface area (Å²) in [5.74, 6) is -1.02. The third-order valence-corrected chi connectivity index (χ3v) is 12.8. The number of hydrogen-bond donors (Lipinski definition) is 0. The topological polar surface area (TPSA) is 78.9 Å². The van der Waals surface area contributed by atoms with Crippen molar-refractivity contribution in [3.63, 3.8) is 0 Å². The van der Waals surface area contributed by atoms with E-state index >= 15 is 0 Å². The van der Waals surface area contributed by atoms with Crippen LogP contribution in [0.2, 0.25) is 0 Å². The summed E-state index contributed by atoms with van der Waals surface area (Å²) in [5.41, 5.74) is 0. The molecule has 1 atom stereocenters. The number of carbonyl (C=O) groups excluding carboxylic acids is 3. The molecule has 0 amide bonds. The zero-order valence-corrected chi connectivity index (χ0v) is 52.6. The number of carbonyl (C=O) groups is 3. The smallest absolute Gasteiger partial charge is 0.306 e. The highest BCUT2D eigenvalue weighted by molar-refractivity contribution is 5.71. The molecule has 6 heteroatoms. The quantitative estimate of drug-likeness (QED) is 0.0261. The van der Waals surface area contributed by atoms with Crippen LogP contribution in [0.4, 0.5) is 0 Å². The molecule has 0 aromatic carbocycles. The Morgan fingerprint density at radius 3 is 0.711 bits per heavy atom. The zero-order valence-electron chi connectivity index (χ0n) is 52.6. The molecule has 0 aliphatic rings. The maximum atomic E-state index is 12.9. The van der Waals surface area contributed by atoms with Gasteiger partial charge in [0.2, 0.25) is 0 Å². The first-order valence-corrected chi connectivity index (χ1v) is 32.6. The van der Waals surface area contributed by atoms with E-state index in [1.165, 1.54) is 12.8 Å². The van der Waals surface area contributed by atoms with Crippen molar-refractivity contribution in [3.05, 3.63) is 207 Å². The van der Waals surface area contributed by atoms with Crippen LogP contribution in [0.1, 0.15) is 239 Å². The van der Waals surface area contributed by atoms with E-state index in [1.54, 1.807) is 0 Å². The molecule has 0 heterocycles. The molecule has 0 aliphatic carbocycles. The summed E-state index contributed by atoms with van der Waals surface area (Å²) in [5, 5.41) is 0. The molecule has 0 aromatic heterocycles. The highest BCUT2D eigenvalue weighted by Gasteiger charge is 2.19.